The van der Waals surface area contributed by atoms with Crippen molar-refractivity contribution in [3.8, 4) is 0 Å². The van der Waals surface area contributed by atoms with Gasteiger partial charge in [-0.05, 0) is 13.8 Å². The summed E-state index contributed by atoms with van der Waals surface area (Å²) in [5, 5.41) is 9.98. The molecular formula is C14H24N4O6. The maximum Gasteiger partial charge on any atom is 0.331 e. The summed E-state index contributed by atoms with van der Waals surface area (Å²) < 4.78 is 9.53. The van der Waals surface area contributed by atoms with E-state index in [2.05, 4.69) is 21.3 Å². The Labute approximate surface area is 140 Å². The van der Waals surface area contributed by atoms with E-state index in [1.54, 1.807) is 13.8 Å². The van der Waals surface area contributed by atoms with Crippen molar-refractivity contribution in [1.29, 1.82) is 0 Å². The van der Waals surface area contributed by atoms with E-state index in [0.29, 0.717) is 13.1 Å². The molecule has 0 aliphatic carbocycles. The monoisotopic (exact) mass is 344 g/mol. The third kappa shape index (κ3) is 12.9. The van der Waals surface area contributed by atoms with Crippen LogP contribution in [0.1, 0.15) is 13.8 Å². The number of nitrogens with one attached hydrogen (secondary N) is 4. The van der Waals surface area contributed by atoms with Gasteiger partial charge in [-0.25, -0.2) is 19.2 Å². The van der Waals surface area contributed by atoms with E-state index in [1.165, 1.54) is 0 Å². The second kappa shape index (κ2) is 13.9. The van der Waals surface area contributed by atoms with Crippen LogP contribution in [-0.2, 0) is 19.1 Å². The molecule has 0 aromatic carbocycles. The summed E-state index contributed by atoms with van der Waals surface area (Å²) in [7, 11) is 0. The largest absolute Gasteiger partial charge is 0.461 e. The molecule has 0 radical (unpaired) electrons. The smallest absolute Gasteiger partial charge is 0.331 e. The van der Waals surface area contributed by atoms with Gasteiger partial charge in [0.05, 0.1) is 13.1 Å². The summed E-state index contributed by atoms with van der Waals surface area (Å²) in [6.07, 6.45) is 1.84. The fourth-order valence-electron chi connectivity index (χ4n) is 1.31. The van der Waals surface area contributed by atoms with Gasteiger partial charge in [-0.1, -0.05) is 0 Å². The van der Waals surface area contributed by atoms with E-state index in [0.717, 1.165) is 12.2 Å². The predicted octanol–water partition coefficient (Wildman–Crippen LogP) is -0.733. The lowest BCUT2D eigenvalue weighted by molar-refractivity contribution is -0.140. The number of amides is 4. The van der Waals surface area contributed by atoms with Crippen molar-refractivity contribution in [1.82, 2.24) is 21.3 Å². The van der Waals surface area contributed by atoms with Crippen LogP contribution < -0.4 is 21.3 Å². The molecule has 0 saturated heterocycles. The molecule has 0 rings (SSSR count). The molecule has 24 heavy (non-hydrogen) atoms. The molecule has 0 bridgehead atoms. The minimum atomic E-state index is -0.731. The normalized spacial score (nSPS) is 9.92. The standard InChI is InChI=1S/C14H24N4O6/c1-3-15-13(21)17-7-9-23-11(19)5-6-12(20)24-10-8-18-14(22)16-4-2/h5-6H,3-4,7-10H2,1-2H3,(H2,15,17,21)(H2,16,18,22)/b6-5+. The van der Waals surface area contributed by atoms with Crippen LogP contribution in [0.15, 0.2) is 12.2 Å². The molecule has 10 nitrogen and oxygen atoms in total. The molecule has 0 fully saturated rings. The lowest BCUT2D eigenvalue weighted by Crippen LogP contribution is -2.37. The van der Waals surface area contributed by atoms with Crippen LogP contribution in [0, 0.1) is 0 Å². The minimum absolute atomic E-state index is 0.0220. The number of esters is 2. The van der Waals surface area contributed by atoms with Crippen molar-refractivity contribution in [3.05, 3.63) is 12.2 Å². The first-order valence-electron chi connectivity index (χ1n) is 7.54. The Morgan fingerprint density at radius 2 is 1.08 bits per heavy atom. The van der Waals surface area contributed by atoms with Crippen LogP contribution in [-0.4, -0.2) is 63.4 Å². The Morgan fingerprint density at radius 1 is 0.708 bits per heavy atom. The van der Waals surface area contributed by atoms with Crippen LogP contribution in [0.25, 0.3) is 0 Å². The molecular weight excluding hydrogens is 320 g/mol. The molecule has 0 aliphatic rings. The summed E-state index contributed by atoms with van der Waals surface area (Å²) in [6, 6.07) is -0.706. The van der Waals surface area contributed by atoms with Gasteiger partial charge in [0.15, 0.2) is 0 Å². The highest BCUT2D eigenvalue weighted by atomic mass is 16.5. The van der Waals surface area contributed by atoms with E-state index in [-0.39, 0.29) is 38.4 Å². The molecule has 4 N–H and O–H groups in total. The van der Waals surface area contributed by atoms with Crippen LogP contribution in [0.2, 0.25) is 0 Å². The second-order valence-electron chi connectivity index (χ2n) is 4.24. The number of carbonyl (C=O) groups is 4. The fraction of sp³-hybridized carbons (Fsp3) is 0.571. The van der Waals surface area contributed by atoms with Gasteiger partial charge in [0, 0.05) is 25.2 Å². The third-order valence-corrected chi connectivity index (χ3v) is 2.29. The molecule has 0 saturated carbocycles. The van der Waals surface area contributed by atoms with Gasteiger partial charge in [0.25, 0.3) is 0 Å². The number of urea groups is 2. The first-order valence-corrected chi connectivity index (χ1v) is 7.54. The number of rotatable bonds is 10. The molecule has 10 heteroatoms. The van der Waals surface area contributed by atoms with Crippen LogP contribution in [0.4, 0.5) is 9.59 Å². The van der Waals surface area contributed by atoms with Crippen molar-refractivity contribution in [3.63, 3.8) is 0 Å². The second-order valence-corrected chi connectivity index (χ2v) is 4.24. The number of carbonyl (C=O) groups excluding carboxylic acids is 4. The van der Waals surface area contributed by atoms with Crippen LogP contribution in [0.3, 0.4) is 0 Å². The summed E-state index contributed by atoms with van der Waals surface area (Å²) in [4.78, 5) is 44.7. The summed E-state index contributed by atoms with van der Waals surface area (Å²) >= 11 is 0. The summed E-state index contributed by atoms with van der Waals surface area (Å²) in [5.74, 6) is -1.46. The van der Waals surface area contributed by atoms with E-state index in [1.807, 2.05) is 0 Å². The van der Waals surface area contributed by atoms with E-state index < -0.39 is 11.9 Å². The maximum absolute atomic E-state index is 11.3. The van der Waals surface area contributed by atoms with Crippen molar-refractivity contribution in [2.24, 2.45) is 0 Å². The fourth-order valence-corrected chi connectivity index (χ4v) is 1.31. The van der Waals surface area contributed by atoms with Gasteiger partial charge in [0.2, 0.25) is 0 Å². The number of hydrogen-bond donors (Lipinski definition) is 4. The Bertz CT molecular complexity index is 413. The molecule has 0 aliphatic heterocycles. The highest BCUT2D eigenvalue weighted by molar-refractivity contribution is 5.91. The first kappa shape index (κ1) is 21.2. The molecule has 0 unspecified atom stereocenters. The zero-order chi connectivity index (χ0) is 18.2. The SMILES string of the molecule is CCNC(=O)NCCOC(=O)/C=C/C(=O)OCCNC(=O)NCC. The minimum Gasteiger partial charge on any atom is -0.461 e. The topological polar surface area (TPSA) is 135 Å². The van der Waals surface area contributed by atoms with Gasteiger partial charge >= 0.3 is 24.0 Å². The van der Waals surface area contributed by atoms with E-state index >= 15 is 0 Å². The zero-order valence-corrected chi connectivity index (χ0v) is 13.8. The highest BCUT2D eigenvalue weighted by Crippen LogP contribution is 1.85. The molecule has 0 aromatic rings. The van der Waals surface area contributed by atoms with Gasteiger partial charge in [-0.15, -0.1) is 0 Å². The lowest BCUT2D eigenvalue weighted by atomic mass is 10.5. The molecule has 0 atom stereocenters. The van der Waals surface area contributed by atoms with Gasteiger partial charge in [0.1, 0.15) is 13.2 Å². The Hall–Kier alpha value is -2.78. The average molecular weight is 344 g/mol. The molecule has 0 spiro atoms. The first-order chi connectivity index (χ1) is 11.5. The van der Waals surface area contributed by atoms with Crippen LogP contribution in [0.5, 0.6) is 0 Å². The van der Waals surface area contributed by atoms with Gasteiger partial charge in [-0.3, -0.25) is 0 Å². The molecule has 0 aromatic heterocycles. The van der Waals surface area contributed by atoms with Crippen molar-refractivity contribution in [2.45, 2.75) is 13.8 Å². The van der Waals surface area contributed by atoms with Crippen molar-refractivity contribution >= 4 is 24.0 Å². The predicted molar refractivity (Wildman–Crippen MR) is 85.2 cm³/mol. The Morgan fingerprint density at radius 3 is 1.42 bits per heavy atom. The number of hydrogen-bond acceptors (Lipinski definition) is 6. The zero-order valence-electron chi connectivity index (χ0n) is 13.8. The Kier molecular flexibility index (Phi) is 12.2. The Balaban J connectivity index is 3.72. The van der Waals surface area contributed by atoms with Crippen molar-refractivity contribution < 1.29 is 28.7 Å². The van der Waals surface area contributed by atoms with E-state index in [4.69, 9.17) is 9.47 Å². The molecule has 136 valence electrons. The van der Waals surface area contributed by atoms with Crippen LogP contribution >= 0.6 is 0 Å². The maximum atomic E-state index is 11.3. The highest BCUT2D eigenvalue weighted by Gasteiger charge is 2.03. The average Bonchev–Trinajstić information content (AvgIpc) is 2.54. The van der Waals surface area contributed by atoms with E-state index in [9.17, 15) is 19.2 Å². The summed E-state index contributed by atoms with van der Waals surface area (Å²) in [6.45, 7) is 4.81. The quantitative estimate of drug-likeness (QED) is 0.234. The number of ether oxygens (including phenoxy) is 2. The van der Waals surface area contributed by atoms with Gasteiger partial charge in [-0.2, -0.15) is 0 Å². The molecule has 4 amide bonds. The van der Waals surface area contributed by atoms with Gasteiger partial charge < -0.3 is 30.7 Å². The third-order valence-electron chi connectivity index (χ3n) is 2.29. The lowest BCUT2D eigenvalue weighted by Gasteiger charge is -2.06. The molecule has 0 heterocycles. The summed E-state index contributed by atoms with van der Waals surface area (Å²) in [5.41, 5.74) is 0. The van der Waals surface area contributed by atoms with Crippen molar-refractivity contribution in [2.75, 3.05) is 39.4 Å².